The van der Waals surface area contributed by atoms with Gasteiger partial charge in [-0.15, -0.1) is 0 Å². The molecule has 1 aromatic rings. The maximum atomic E-state index is 14.2. The van der Waals surface area contributed by atoms with Gasteiger partial charge < -0.3 is 10.6 Å². The van der Waals surface area contributed by atoms with Crippen LogP contribution in [-0.4, -0.2) is 18.6 Å². The predicted octanol–water partition coefficient (Wildman–Crippen LogP) is 3.09. The van der Waals surface area contributed by atoms with Gasteiger partial charge in [0, 0.05) is 12.1 Å². The largest absolute Gasteiger partial charge is 0.363 e. The van der Waals surface area contributed by atoms with Crippen molar-refractivity contribution in [2.24, 2.45) is 5.73 Å². The summed E-state index contributed by atoms with van der Waals surface area (Å²) < 4.78 is 14.2. The second-order valence-electron chi connectivity index (χ2n) is 5.18. The first-order valence-corrected chi connectivity index (χ1v) is 6.94. The fourth-order valence-corrected chi connectivity index (χ4v) is 3.08. The molecule has 2 N–H and O–H groups in total. The number of nitrogens with two attached hydrogens (primary N) is 1. The Morgan fingerprint density at radius 3 is 2.83 bits per heavy atom. The molecule has 2 atom stereocenters. The average Bonchev–Trinajstić information content (AvgIpc) is 2.71. The van der Waals surface area contributed by atoms with Crippen molar-refractivity contribution in [2.75, 3.05) is 11.4 Å². The molecule has 0 spiro atoms. The molecule has 1 fully saturated rings. The van der Waals surface area contributed by atoms with E-state index in [0.717, 1.165) is 36.9 Å². The monoisotopic (exact) mass is 250 g/mol. The van der Waals surface area contributed by atoms with Gasteiger partial charge in [0.05, 0.1) is 5.69 Å². The Morgan fingerprint density at radius 1 is 1.39 bits per heavy atom. The first kappa shape index (κ1) is 13.3. The molecule has 3 heteroatoms. The number of hydrogen-bond donors (Lipinski definition) is 1. The Kier molecular flexibility index (Phi) is 4.23. The van der Waals surface area contributed by atoms with E-state index in [1.54, 1.807) is 12.1 Å². The van der Waals surface area contributed by atoms with Gasteiger partial charge in [0.25, 0.3) is 0 Å². The number of nitrogens with zero attached hydrogens (tertiary/aromatic N) is 1. The summed E-state index contributed by atoms with van der Waals surface area (Å²) in [6.07, 6.45) is 4.12. The van der Waals surface area contributed by atoms with Crippen LogP contribution in [0.3, 0.4) is 0 Å². The van der Waals surface area contributed by atoms with Gasteiger partial charge in [-0.2, -0.15) is 0 Å². The van der Waals surface area contributed by atoms with E-state index >= 15 is 0 Å². The van der Waals surface area contributed by atoms with Crippen molar-refractivity contribution in [3.8, 4) is 0 Å². The zero-order valence-corrected chi connectivity index (χ0v) is 11.3. The van der Waals surface area contributed by atoms with Crippen molar-refractivity contribution >= 4 is 5.69 Å². The molecule has 1 aliphatic heterocycles. The molecular formula is C15H23FN2. The van der Waals surface area contributed by atoms with Gasteiger partial charge in [-0.1, -0.05) is 19.1 Å². The number of halogens is 1. The molecule has 0 amide bonds. The Balaban J connectivity index is 2.41. The molecule has 2 rings (SSSR count). The molecule has 0 saturated carbocycles. The van der Waals surface area contributed by atoms with Gasteiger partial charge in [-0.05, 0) is 50.8 Å². The molecule has 1 heterocycles. The van der Waals surface area contributed by atoms with Crippen LogP contribution in [0.2, 0.25) is 0 Å². The minimum Gasteiger partial charge on any atom is -0.363 e. The lowest BCUT2D eigenvalue weighted by Gasteiger charge is -2.32. The zero-order chi connectivity index (χ0) is 13.1. The topological polar surface area (TPSA) is 29.3 Å². The standard InChI is InChI=1S/C15H23FN2/c1-3-13-8-7-11(2)18(13)15-12(9-10-17)5-4-6-14(15)16/h4-6,11,13H,3,7-10,17H2,1-2H3. The van der Waals surface area contributed by atoms with Crippen LogP contribution in [0, 0.1) is 5.82 Å². The Hall–Kier alpha value is -1.09. The summed E-state index contributed by atoms with van der Waals surface area (Å²) in [6.45, 7) is 4.93. The van der Waals surface area contributed by atoms with Crippen molar-refractivity contribution in [2.45, 2.75) is 51.6 Å². The fraction of sp³-hybridized carbons (Fsp3) is 0.600. The van der Waals surface area contributed by atoms with E-state index < -0.39 is 0 Å². The first-order chi connectivity index (χ1) is 8.69. The van der Waals surface area contributed by atoms with Crippen LogP contribution < -0.4 is 10.6 Å². The Morgan fingerprint density at radius 2 is 2.17 bits per heavy atom. The molecular weight excluding hydrogens is 227 g/mol. The van der Waals surface area contributed by atoms with Crippen LogP contribution in [0.1, 0.15) is 38.7 Å². The second-order valence-corrected chi connectivity index (χ2v) is 5.18. The molecule has 1 saturated heterocycles. The van der Waals surface area contributed by atoms with Crippen molar-refractivity contribution in [1.82, 2.24) is 0 Å². The fourth-order valence-electron chi connectivity index (χ4n) is 3.08. The third-order valence-electron chi connectivity index (χ3n) is 4.00. The highest BCUT2D eigenvalue weighted by Gasteiger charge is 2.32. The maximum absolute atomic E-state index is 14.2. The molecule has 0 aromatic heterocycles. The minimum atomic E-state index is -0.104. The van der Waals surface area contributed by atoms with E-state index in [2.05, 4.69) is 18.7 Å². The zero-order valence-electron chi connectivity index (χ0n) is 11.3. The third-order valence-corrected chi connectivity index (χ3v) is 4.00. The highest BCUT2D eigenvalue weighted by molar-refractivity contribution is 5.57. The number of benzene rings is 1. The summed E-state index contributed by atoms with van der Waals surface area (Å²) in [7, 11) is 0. The van der Waals surface area contributed by atoms with Crippen molar-refractivity contribution < 1.29 is 4.39 Å². The van der Waals surface area contributed by atoms with Gasteiger partial charge in [-0.3, -0.25) is 0 Å². The maximum Gasteiger partial charge on any atom is 0.146 e. The number of rotatable bonds is 4. The summed E-state index contributed by atoms with van der Waals surface area (Å²) >= 11 is 0. The van der Waals surface area contributed by atoms with Gasteiger partial charge >= 0.3 is 0 Å². The van der Waals surface area contributed by atoms with E-state index in [0.29, 0.717) is 18.6 Å². The summed E-state index contributed by atoms with van der Waals surface area (Å²) in [5.74, 6) is -0.104. The van der Waals surface area contributed by atoms with Crippen LogP contribution in [0.25, 0.3) is 0 Å². The molecule has 100 valence electrons. The van der Waals surface area contributed by atoms with Crippen molar-refractivity contribution in [3.63, 3.8) is 0 Å². The summed E-state index contributed by atoms with van der Waals surface area (Å²) in [5, 5.41) is 0. The van der Waals surface area contributed by atoms with Crippen LogP contribution >= 0.6 is 0 Å². The van der Waals surface area contributed by atoms with E-state index in [1.165, 1.54) is 0 Å². The molecule has 0 aliphatic carbocycles. The second kappa shape index (κ2) is 5.70. The van der Waals surface area contributed by atoms with E-state index in [1.807, 2.05) is 6.07 Å². The first-order valence-electron chi connectivity index (χ1n) is 6.94. The smallest absolute Gasteiger partial charge is 0.146 e. The van der Waals surface area contributed by atoms with Crippen LogP contribution in [0.5, 0.6) is 0 Å². The number of anilines is 1. The molecule has 1 aliphatic rings. The normalized spacial score (nSPS) is 23.7. The Labute approximate surface area is 109 Å². The van der Waals surface area contributed by atoms with Crippen LogP contribution in [0.15, 0.2) is 18.2 Å². The summed E-state index contributed by atoms with van der Waals surface area (Å²) in [5.41, 5.74) is 7.48. The molecule has 1 aromatic carbocycles. The summed E-state index contributed by atoms with van der Waals surface area (Å²) in [4.78, 5) is 2.28. The molecule has 2 nitrogen and oxygen atoms in total. The molecule has 2 unspecified atom stereocenters. The van der Waals surface area contributed by atoms with E-state index in [9.17, 15) is 4.39 Å². The number of hydrogen-bond acceptors (Lipinski definition) is 2. The molecule has 0 bridgehead atoms. The van der Waals surface area contributed by atoms with Gasteiger partial charge in [0.2, 0.25) is 0 Å². The quantitative estimate of drug-likeness (QED) is 0.889. The molecule has 18 heavy (non-hydrogen) atoms. The third kappa shape index (κ3) is 2.37. The number of para-hydroxylation sites is 1. The van der Waals surface area contributed by atoms with Crippen molar-refractivity contribution in [3.05, 3.63) is 29.6 Å². The van der Waals surface area contributed by atoms with Crippen LogP contribution in [0.4, 0.5) is 10.1 Å². The van der Waals surface area contributed by atoms with E-state index in [4.69, 9.17) is 5.73 Å². The lowest BCUT2D eigenvalue weighted by atomic mass is 10.1. The lowest BCUT2D eigenvalue weighted by Crippen LogP contribution is -2.35. The Bertz CT molecular complexity index is 405. The molecule has 0 radical (unpaired) electrons. The predicted molar refractivity (Wildman–Crippen MR) is 74.4 cm³/mol. The lowest BCUT2D eigenvalue weighted by molar-refractivity contribution is 0.578. The summed E-state index contributed by atoms with van der Waals surface area (Å²) in [6, 6.07) is 6.23. The highest BCUT2D eigenvalue weighted by Crippen LogP contribution is 2.36. The average molecular weight is 250 g/mol. The van der Waals surface area contributed by atoms with Gasteiger partial charge in [0.15, 0.2) is 0 Å². The van der Waals surface area contributed by atoms with Crippen LogP contribution in [-0.2, 0) is 6.42 Å². The highest BCUT2D eigenvalue weighted by atomic mass is 19.1. The minimum absolute atomic E-state index is 0.104. The van der Waals surface area contributed by atoms with E-state index in [-0.39, 0.29) is 5.82 Å². The van der Waals surface area contributed by atoms with Crippen molar-refractivity contribution in [1.29, 1.82) is 0 Å². The SMILES string of the molecule is CCC1CCC(C)N1c1c(F)cccc1CCN. The van der Waals surface area contributed by atoms with Gasteiger partial charge in [0.1, 0.15) is 5.82 Å². The van der Waals surface area contributed by atoms with Gasteiger partial charge in [-0.25, -0.2) is 4.39 Å².